The summed E-state index contributed by atoms with van der Waals surface area (Å²) in [5.41, 5.74) is 2.10. The summed E-state index contributed by atoms with van der Waals surface area (Å²) in [6.07, 6.45) is 5.55. The van der Waals surface area contributed by atoms with E-state index in [-0.39, 0.29) is 63.2 Å². The van der Waals surface area contributed by atoms with Gasteiger partial charge >= 0.3 is 11.9 Å². The number of hydrogen-bond acceptors (Lipinski definition) is 10. The molecule has 1 heterocycles. The second-order valence-corrected chi connectivity index (χ2v) is 17.9. The third-order valence-corrected chi connectivity index (χ3v) is 15.3. The van der Waals surface area contributed by atoms with Crippen LogP contribution in [0.25, 0.3) is 0 Å². The number of fused-ring (bicyclic) bond motifs is 8. The van der Waals surface area contributed by atoms with Gasteiger partial charge in [-0.3, -0.25) is 14.4 Å². The fourth-order valence-electron chi connectivity index (χ4n) is 11.9. The number of ketones is 1. The molecule has 0 aromatic heterocycles. The highest BCUT2D eigenvalue weighted by molar-refractivity contribution is 6.02. The van der Waals surface area contributed by atoms with Crippen LogP contribution in [0.1, 0.15) is 126 Å². The molecule has 53 heavy (non-hydrogen) atoms. The molecule has 1 N–H and O–H groups in total. The lowest BCUT2D eigenvalue weighted by molar-refractivity contribution is -0.212. The number of phenols is 1. The maximum Gasteiger partial charge on any atom is 0.311 e. The van der Waals surface area contributed by atoms with Crippen molar-refractivity contribution in [3.05, 3.63) is 40.5 Å². The molecule has 10 heteroatoms. The van der Waals surface area contributed by atoms with Gasteiger partial charge in [0, 0.05) is 30.0 Å². The molecule has 3 saturated carbocycles. The molecule has 288 valence electrons. The molecule has 0 amide bonds. The molecular weight excluding hydrogens is 676 g/mol. The van der Waals surface area contributed by atoms with E-state index in [4.69, 9.17) is 28.4 Å². The van der Waals surface area contributed by atoms with Gasteiger partial charge in [0.25, 0.3) is 0 Å². The molecule has 0 radical (unpaired) electrons. The summed E-state index contributed by atoms with van der Waals surface area (Å²) < 4.78 is 35.2. The molecule has 2 aromatic carbocycles. The normalized spacial score (nSPS) is 36.9. The van der Waals surface area contributed by atoms with Crippen LogP contribution in [0.15, 0.2) is 18.2 Å². The highest BCUT2D eigenvalue weighted by atomic mass is 16.6. The fourth-order valence-corrected chi connectivity index (χ4v) is 11.9. The Bertz CT molecular complexity index is 1840. The molecule has 9 atom stereocenters. The Labute approximate surface area is 313 Å². The Kier molecular flexibility index (Phi) is 8.85. The number of benzene rings is 2. The van der Waals surface area contributed by atoms with Gasteiger partial charge in [-0.25, -0.2) is 0 Å². The Morgan fingerprint density at radius 1 is 0.868 bits per heavy atom. The Morgan fingerprint density at radius 2 is 1.49 bits per heavy atom. The topological polar surface area (TPSA) is 127 Å². The first kappa shape index (κ1) is 37.4. The number of ether oxygens (including phenoxy) is 6. The summed E-state index contributed by atoms with van der Waals surface area (Å²) in [6, 6.07) is 5.32. The Morgan fingerprint density at radius 3 is 2.11 bits per heavy atom. The van der Waals surface area contributed by atoms with E-state index in [0.29, 0.717) is 35.0 Å². The van der Waals surface area contributed by atoms with E-state index < -0.39 is 23.6 Å². The monoisotopic (exact) mass is 732 g/mol. The van der Waals surface area contributed by atoms with Crippen LogP contribution in [0, 0.1) is 40.4 Å². The quantitative estimate of drug-likeness (QED) is 0.291. The number of carbonyl (C=O) groups is 3. The first-order valence-corrected chi connectivity index (χ1v) is 19.1. The maximum absolute atomic E-state index is 14.6. The van der Waals surface area contributed by atoms with Crippen LogP contribution >= 0.6 is 0 Å². The standard InChI is InChI=1S/C43H56O10/c1-23-34-26(19-30-36(23)53-37(31(52-30)22-51-24(2)44)25-17-28(48-8)35(46)29(18-25)49-9)41(5)14-16-43(7)33-21-40(4,38(47)50-10)12-11-39(33,3)13-15-42(43,6)32(41)20-27(34)45/h17-19,31-33,37,46H,11-16,20-22H2,1-10H3/t31-,32-,33+,37-,39+,40+,41-,42+,43-/m0/s1. The zero-order valence-corrected chi connectivity index (χ0v) is 33.0. The summed E-state index contributed by atoms with van der Waals surface area (Å²) >= 11 is 0. The number of rotatable bonds is 6. The molecule has 5 aliphatic rings. The van der Waals surface area contributed by atoms with Crippen molar-refractivity contribution >= 4 is 17.7 Å². The average Bonchev–Trinajstić information content (AvgIpc) is 3.13. The average molecular weight is 733 g/mol. The Hall–Kier alpha value is -3.95. The second-order valence-electron chi connectivity index (χ2n) is 17.9. The minimum absolute atomic E-state index is 0.0743. The summed E-state index contributed by atoms with van der Waals surface area (Å²) in [5.74, 6) is 1.19. The van der Waals surface area contributed by atoms with Gasteiger partial charge in [0.1, 0.15) is 6.61 Å². The van der Waals surface area contributed by atoms with Crippen LogP contribution in [-0.2, 0) is 24.5 Å². The van der Waals surface area contributed by atoms with Crippen LogP contribution in [-0.4, -0.2) is 56.9 Å². The molecule has 0 spiro atoms. The van der Waals surface area contributed by atoms with Crippen molar-refractivity contribution in [2.45, 2.75) is 117 Å². The third kappa shape index (κ3) is 5.35. The lowest BCUT2D eigenvalue weighted by Gasteiger charge is -2.71. The van der Waals surface area contributed by atoms with Crippen LogP contribution in [0.2, 0.25) is 0 Å². The van der Waals surface area contributed by atoms with Gasteiger partial charge in [0.05, 0.1) is 26.7 Å². The Balaban J connectivity index is 1.30. The zero-order valence-electron chi connectivity index (χ0n) is 33.0. The predicted octanol–water partition coefficient (Wildman–Crippen LogP) is 8.21. The van der Waals surface area contributed by atoms with Crippen LogP contribution in [0.4, 0.5) is 0 Å². The van der Waals surface area contributed by atoms with E-state index in [0.717, 1.165) is 56.1 Å². The minimum Gasteiger partial charge on any atom is -0.502 e. The van der Waals surface area contributed by atoms with Crippen LogP contribution < -0.4 is 18.9 Å². The third-order valence-electron chi connectivity index (χ3n) is 15.3. The number of hydrogen-bond donors (Lipinski definition) is 1. The maximum atomic E-state index is 14.6. The number of carbonyl (C=O) groups excluding carboxylic acids is 3. The first-order valence-electron chi connectivity index (χ1n) is 19.1. The van der Waals surface area contributed by atoms with E-state index in [9.17, 15) is 19.5 Å². The number of Topliss-reactive ketones (excluding diaryl/α,β-unsaturated/α-hetero) is 1. The number of phenolic OH excluding ortho intramolecular Hbond substituents is 1. The summed E-state index contributed by atoms with van der Waals surface area (Å²) in [4.78, 5) is 39.8. The fraction of sp³-hybridized carbons (Fsp3) is 0.651. The van der Waals surface area contributed by atoms with Crippen LogP contribution in [0.3, 0.4) is 0 Å². The smallest absolute Gasteiger partial charge is 0.311 e. The van der Waals surface area contributed by atoms with Crippen molar-refractivity contribution in [2.75, 3.05) is 27.9 Å². The van der Waals surface area contributed by atoms with Gasteiger partial charge in [-0.1, -0.05) is 27.7 Å². The van der Waals surface area contributed by atoms with E-state index in [1.165, 1.54) is 28.3 Å². The summed E-state index contributed by atoms with van der Waals surface area (Å²) in [7, 11) is 4.40. The largest absolute Gasteiger partial charge is 0.502 e. The predicted molar refractivity (Wildman–Crippen MR) is 197 cm³/mol. The van der Waals surface area contributed by atoms with Crippen molar-refractivity contribution in [1.82, 2.24) is 0 Å². The van der Waals surface area contributed by atoms with Gasteiger partial charge in [-0.15, -0.1) is 0 Å². The molecule has 4 aliphatic carbocycles. The number of aromatic hydroxyl groups is 1. The molecular formula is C43H56O10. The second kappa shape index (κ2) is 12.6. The lowest BCUT2D eigenvalue weighted by Crippen LogP contribution is -2.66. The summed E-state index contributed by atoms with van der Waals surface area (Å²) in [5, 5.41) is 10.6. The van der Waals surface area contributed by atoms with Gasteiger partial charge in [-0.05, 0) is 116 Å². The summed E-state index contributed by atoms with van der Waals surface area (Å²) in [6.45, 7) is 14.9. The van der Waals surface area contributed by atoms with Gasteiger partial charge in [-0.2, -0.15) is 0 Å². The van der Waals surface area contributed by atoms with Gasteiger partial charge < -0.3 is 33.5 Å². The highest BCUT2D eigenvalue weighted by Gasteiger charge is 2.69. The molecule has 3 fully saturated rings. The molecule has 0 bridgehead atoms. The van der Waals surface area contributed by atoms with Crippen molar-refractivity contribution in [3.8, 4) is 28.7 Å². The first-order chi connectivity index (χ1) is 24.9. The minimum atomic E-state index is -0.777. The highest BCUT2D eigenvalue weighted by Crippen LogP contribution is 2.75. The molecule has 1 aliphatic heterocycles. The molecule has 7 rings (SSSR count). The van der Waals surface area contributed by atoms with E-state index in [2.05, 4.69) is 34.6 Å². The van der Waals surface area contributed by atoms with Crippen LogP contribution in [0.5, 0.6) is 28.7 Å². The zero-order chi connectivity index (χ0) is 38.5. The molecule has 10 nitrogen and oxygen atoms in total. The van der Waals surface area contributed by atoms with E-state index in [1.807, 2.05) is 13.0 Å². The lowest BCUT2D eigenvalue weighted by atomic mass is 9.32. The molecule has 2 aromatic rings. The van der Waals surface area contributed by atoms with Crippen molar-refractivity contribution in [2.24, 2.45) is 33.5 Å². The molecule has 0 saturated heterocycles. The van der Waals surface area contributed by atoms with Crippen molar-refractivity contribution in [3.63, 3.8) is 0 Å². The van der Waals surface area contributed by atoms with Gasteiger partial charge in [0.15, 0.2) is 41.0 Å². The van der Waals surface area contributed by atoms with E-state index in [1.54, 1.807) is 12.1 Å². The number of esters is 2. The van der Waals surface area contributed by atoms with E-state index >= 15 is 0 Å². The van der Waals surface area contributed by atoms with Gasteiger partial charge in [0.2, 0.25) is 5.75 Å². The SMILES string of the molecule is COC(=O)[C@]1(C)CC[C@]2(C)CC[C@]3(C)[C@H]4CC(=O)c5c(cc6c(c5C)O[C@@H](c5cc(OC)c(O)c(OC)c5)[C@H](COC(C)=O)O6)[C@]4(C)CC[C@@]3(C)[C@@H]2C1. The number of methoxy groups -OCH3 is 3. The van der Waals surface area contributed by atoms with Crippen molar-refractivity contribution in [1.29, 1.82) is 0 Å². The molecule has 0 unspecified atom stereocenters. The van der Waals surface area contributed by atoms with Crippen molar-refractivity contribution < 1.29 is 47.9 Å².